The summed E-state index contributed by atoms with van der Waals surface area (Å²) < 4.78 is 0. The van der Waals surface area contributed by atoms with Gasteiger partial charge in [0.05, 0.1) is 5.41 Å². The minimum Gasteiger partial charge on any atom is -0.480 e. The lowest BCUT2D eigenvalue weighted by molar-refractivity contribution is -0.144. The number of carbonyl (C=O) groups excluding carboxylic acids is 1. The quantitative estimate of drug-likeness (QED) is 0.636. The first-order chi connectivity index (χ1) is 9.55. The van der Waals surface area contributed by atoms with Crippen molar-refractivity contribution < 1.29 is 14.7 Å². The Hall–Kier alpha value is -1.10. The van der Waals surface area contributed by atoms with Gasteiger partial charge in [-0.2, -0.15) is 0 Å². The van der Waals surface area contributed by atoms with E-state index in [0.29, 0.717) is 13.0 Å². The van der Waals surface area contributed by atoms with Crippen LogP contribution in [-0.2, 0) is 9.59 Å². The van der Waals surface area contributed by atoms with Crippen LogP contribution < -0.4 is 10.6 Å². The highest BCUT2D eigenvalue weighted by Gasteiger charge is 2.40. The average Bonchev–Trinajstić information content (AvgIpc) is 2.44. The SMILES string of the molecule is CCCC[C@H](NC(=O)C1(CCC)CCCNC1)C(=O)O. The zero-order chi connectivity index (χ0) is 15.0. The van der Waals surface area contributed by atoms with E-state index in [2.05, 4.69) is 17.6 Å². The molecule has 1 saturated heterocycles. The predicted octanol–water partition coefficient (Wildman–Crippen LogP) is 1.92. The Bertz CT molecular complexity index is 320. The van der Waals surface area contributed by atoms with Crippen molar-refractivity contribution in [3.8, 4) is 0 Å². The number of aliphatic carboxylic acids is 1. The van der Waals surface area contributed by atoms with Gasteiger partial charge in [-0.25, -0.2) is 4.79 Å². The van der Waals surface area contributed by atoms with E-state index >= 15 is 0 Å². The molecule has 5 heteroatoms. The van der Waals surface area contributed by atoms with E-state index in [-0.39, 0.29) is 5.91 Å². The van der Waals surface area contributed by atoms with Crippen LogP contribution in [0.3, 0.4) is 0 Å². The van der Waals surface area contributed by atoms with Gasteiger partial charge >= 0.3 is 5.97 Å². The maximum absolute atomic E-state index is 12.6. The first-order valence-electron chi connectivity index (χ1n) is 7.80. The molecule has 2 atom stereocenters. The first kappa shape index (κ1) is 17.0. The lowest BCUT2D eigenvalue weighted by atomic mass is 9.76. The molecule has 0 aromatic heterocycles. The molecular formula is C15H28N2O3. The maximum atomic E-state index is 12.6. The standard InChI is InChI=1S/C15H28N2O3/c1-3-5-7-12(13(18)19)17-14(20)15(8-4-2)9-6-10-16-11-15/h12,16H,3-11H2,1-2H3,(H,17,20)(H,18,19)/t12-,15?/m0/s1. The molecule has 0 aromatic rings. The highest BCUT2D eigenvalue weighted by atomic mass is 16.4. The second-order valence-electron chi connectivity index (χ2n) is 5.82. The molecule has 0 aromatic carbocycles. The Labute approximate surface area is 121 Å². The maximum Gasteiger partial charge on any atom is 0.326 e. The summed E-state index contributed by atoms with van der Waals surface area (Å²) in [6, 6.07) is -0.752. The normalized spacial score (nSPS) is 24.1. The fraction of sp³-hybridized carbons (Fsp3) is 0.867. The summed E-state index contributed by atoms with van der Waals surface area (Å²) >= 11 is 0. The van der Waals surface area contributed by atoms with Crippen LogP contribution in [0.15, 0.2) is 0 Å². The molecule has 0 bridgehead atoms. The number of carboxylic acids is 1. The molecule has 3 N–H and O–H groups in total. The van der Waals surface area contributed by atoms with Gasteiger partial charge in [0, 0.05) is 6.54 Å². The first-order valence-corrected chi connectivity index (χ1v) is 7.80. The molecule has 1 rings (SSSR count). The van der Waals surface area contributed by atoms with Gasteiger partial charge in [-0.15, -0.1) is 0 Å². The monoisotopic (exact) mass is 284 g/mol. The van der Waals surface area contributed by atoms with E-state index in [1.54, 1.807) is 0 Å². The fourth-order valence-corrected chi connectivity index (χ4v) is 2.94. The molecule has 1 amide bonds. The molecular weight excluding hydrogens is 256 g/mol. The Morgan fingerprint density at radius 1 is 1.35 bits per heavy atom. The number of amides is 1. The van der Waals surface area contributed by atoms with E-state index < -0.39 is 17.4 Å². The van der Waals surface area contributed by atoms with Crippen molar-refractivity contribution in [3.63, 3.8) is 0 Å². The molecule has 1 heterocycles. The topological polar surface area (TPSA) is 78.4 Å². The van der Waals surface area contributed by atoms with Gasteiger partial charge < -0.3 is 15.7 Å². The van der Waals surface area contributed by atoms with Crippen LogP contribution in [0, 0.1) is 5.41 Å². The molecule has 1 aliphatic rings. The van der Waals surface area contributed by atoms with Gasteiger partial charge in [-0.1, -0.05) is 33.1 Å². The number of carbonyl (C=O) groups is 2. The molecule has 5 nitrogen and oxygen atoms in total. The third kappa shape index (κ3) is 4.47. The van der Waals surface area contributed by atoms with Crippen molar-refractivity contribution in [2.24, 2.45) is 5.41 Å². The molecule has 1 unspecified atom stereocenters. The summed E-state index contributed by atoms with van der Waals surface area (Å²) in [7, 11) is 0. The number of hydrogen-bond acceptors (Lipinski definition) is 3. The third-order valence-electron chi connectivity index (χ3n) is 4.13. The van der Waals surface area contributed by atoms with Crippen molar-refractivity contribution >= 4 is 11.9 Å². The van der Waals surface area contributed by atoms with Crippen molar-refractivity contribution in [1.82, 2.24) is 10.6 Å². The van der Waals surface area contributed by atoms with Crippen LogP contribution in [0.25, 0.3) is 0 Å². The summed E-state index contributed by atoms with van der Waals surface area (Å²) in [5.41, 5.74) is -0.424. The van der Waals surface area contributed by atoms with E-state index in [4.69, 9.17) is 0 Å². The Morgan fingerprint density at radius 2 is 2.10 bits per heavy atom. The van der Waals surface area contributed by atoms with Gasteiger partial charge in [-0.3, -0.25) is 4.79 Å². The smallest absolute Gasteiger partial charge is 0.326 e. The van der Waals surface area contributed by atoms with Gasteiger partial charge in [0.1, 0.15) is 6.04 Å². The second-order valence-corrected chi connectivity index (χ2v) is 5.82. The number of nitrogens with one attached hydrogen (secondary N) is 2. The molecule has 1 aliphatic heterocycles. The van der Waals surface area contributed by atoms with Crippen LogP contribution >= 0.6 is 0 Å². The van der Waals surface area contributed by atoms with Crippen molar-refractivity contribution in [2.75, 3.05) is 13.1 Å². The predicted molar refractivity (Wildman–Crippen MR) is 78.5 cm³/mol. The number of rotatable bonds is 8. The lowest BCUT2D eigenvalue weighted by Crippen LogP contribution is -2.54. The fourth-order valence-electron chi connectivity index (χ4n) is 2.94. The van der Waals surface area contributed by atoms with E-state index in [9.17, 15) is 14.7 Å². The van der Waals surface area contributed by atoms with Crippen molar-refractivity contribution in [3.05, 3.63) is 0 Å². The Balaban J connectivity index is 2.70. The minimum absolute atomic E-state index is 0.0879. The summed E-state index contributed by atoms with van der Waals surface area (Å²) in [6.45, 7) is 5.68. The van der Waals surface area contributed by atoms with Gasteiger partial charge in [0.2, 0.25) is 5.91 Å². The molecule has 0 spiro atoms. The third-order valence-corrected chi connectivity index (χ3v) is 4.13. The van der Waals surface area contributed by atoms with Crippen LogP contribution in [-0.4, -0.2) is 36.1 Å². The largest absolute Gasteiger partial charge is 0.480 e. The Kier molecular flexibility index (Phi) is 6.99. The molecule has 0 radical (unpaired) electrons. The number of piperidine rings is 1. The minimum atomic E-state index is -0.929. The van der Waals surface area contributed by atoms with Crippen LogP contribution in [0.4, 0.5) is 0 Å². The summed E-state index contributed by atoms with van der Waals surface area (Å²) in [6.07, 6.45) is 5.82. The lowest BCUT2D eigenvalue weighted by Gasteiger charge is -2.37. The second kappa shape index (κ2) is 8.25. The zero-order valence-electron chi connectivity index (χ0n) is 12.7. The number of unbranched alkanes of at least 4 members (excludes halogenated alkanes) is 1. The van der Waals surface area contributed by atoms with E-state index in [0.717, 1.165) is 45.1 Å². The number of carboxylic acid groups (broad SMARTS) is 1. The van der Waals surface area contributed by atoms with Crippen LogP contribution in [0.5, 0.6) is 0 Å². The Morgan fingerprint density at radius 3 is 2.60 bits per heavy atom. The van der Waals surface area contributed by atoms with Crippen molar-refractivity contribution in [1.29, 1.82) is 0 Å². The van der Waals surface area contributed by atoms with E-state index in [1.807, 2.05) is 6.92 Å². The van der Waals surface area contributed by atoms with Crippen LogP contribution in [0.2, 0.25) is 0 Å². The highest BCUT2D eigenvalue weighted by molar-refractivity contribution is 5.87. The highest BCUT2D eigenvalue weighted by Crippen LogP contribution is 2.32. The average molecular weight is 284 g/mol. The molecule has 116 valence electrons. The molecule has 0 saturated carbocycles. The van der Waals surface area contributed by atoms with Gasteiger partial charge in [0.25, 0.3) is 0 Å². The molecule has 0 aliphatic carbocycles. The summed E-state index contributed by atoms with van der Waals surface area (Å²) in [5.74, 6) is -1.02. The van der Waals surface area contributed by atoms with Gasteiger partial charge in [0.15, 0.2) is 0 Å². The number of hydrogen-bond donors (Lipinski definition) is 3. The summed E-state index contributed by atoms with van der Waals surface area (Å²) in [4.78, 5) is 23.8. The van der Waals surface area contributed by atoms with Crippen LogP contribution in [0.1, 0.15) is 58.8 Å². The van der Waals surface area contributed by atoms with Crippen molar-refractivity contribution in [2.45, 2.75) is 64.8 Å². The molecule has 1 fully saturated rings. The van der Waals surface area contributed by atoms with Gasteiger partial charge in [-0.05, 0) is 32.2 Å². The summed E-state index contributed by atoms with van der Waals surface area (Å²) in [5, 5.41) is 15.3. The molecule has 20 heavy (non-hydrogen) atoms. The van der Waals surface area contributed by atoms with E-state index in [1.165, 1.54) is 0 Å². The zero-order valence-corrected chi connectivity index (χ0v) is 12.7.